The summed E-state index contributed by atoms with van der Waals surface area (Å²) in [7, 11) is 0. The van der Waals surface area contributed by atoms with Gasteiger partial charge in [-0.3, -0.25) is 4.79 Å². The zero-order valence-electron chi connectivity index (χ0n) is 35.1. The molecule has 0 fully saturated rings. The first-order chi connectivity index (χ1) is 31.0. The molecule has 0 atom stereocenters. The largest absolute Gasteiger partial charge is 0.328 e. The Morgan fingerprint density at radius 1 is 0.397 bits per heavy atom. The molecule has 0 bridgehead atoms. The quantitative estimate of drug-likeness (QED) is 0.126. The molecule has 1 aromatic heterocycles. The molecule has 1 amide bonds. The molecule has 11 aromatic rings. The molecule has 63 heavy (non-hydrogen) atoms. The first-order valence-corrected chi connectivity index (χ1v) is 21.7. The summed E-state index contributed by atoms with van der Waals surface area (Å²) in [6, 6.07) is 74.8. The van der Waals surface area contributed by atoms with Crippen molar-refractivity contribution >= 4 is 55.4 Å². The molecule has 298 valence electrons. The molecular formula is C60H42N2O. The number of hydrogen-bond acceptors (Lipinski definition) is 1. The molecule has 1 heterocycles. The van der Waals surface area contributed by atoms with Crippen molar-refractivity contribution in [3.05, 3.63) is 217 Å². The lowest BCUT2D eigenvalue weighted by Crippen LogP contribution is -2.15. The topological polar surface area (TPSA) is 34.0 Å². The van der Waals surface area contributed by atoms with Gasteiger partial charge < -0.3 is 9.88 Å². The van der Waals surface area contributed by atoms with Crippen LogP contribution in [0, 0.1) is 0 Å². The molecule has 1 N–H and O–H groups in total. The smallest absolute Gasteiger partial charge is 0.211 e. The average molecular weight is 807 g/mol. The van der Waals surface area contributed by atoms with Gasteiger partial charge in [0.05, 0.1) is 16.7 Å². The number of rotatable bonds is 7. The lowest BCUT2D eigenvalue weighted by Gasteiger charge is -2.23. The number of nitrogens with one attached hydrogen (secondary N) is 1. The van der Waals surface area contributed by atoms with Crippen molar-refractivity contribution in [2.75, 3.05) is 5.32 Å². The molecule has 0 unspecified atom stereocenters. The summed E-state index contributed by atoms with van der Waals surface area (Å²) in [5.41, 5.74) is 18.4. The van der Waals surface area contributed by atoms with Crippen LogP contribution in [0.2, 0.25) is 0 Å². The number of para-hydroxylation sites is 1. The van der Waals surface area contributed by atoms with Gasteiger partial charge in [-0.15, -0.1) is 0 Å². The highest BCUT2D eigenvalue weighted by molar-refractivity contribution is 6.22. The number of nitrogens with zero attached hydrogens (tertiary/aromatic N) is 1. The molecule has 10 aromatic carbocycles. The van der Waals surface area contributed by atoms with E-state index in [1.54, 1.807) is 0 Å². The average Bonchev–Trinajstić information content (AvgIpc) is 3.77. The van der Waals surface area contributed by atoms with Gasteiger partial charge in [0.25, 0.3) is 0 Å². The van der Waals surface area contributed by atoms with Crippen LogP contribution in [-0.2, 0) is 10.2 Å². The minimum atomic E-state index is -0.144. The van der Waals surface area contributed by atoms with Crippen molar-refractivity contribution in [1.29, 1.82) is 0 Å². The van der Waals surface area contributed by atoms with Crippen molar-refractivity contribution in [2.45, 2.75) is 19.3 Å². The predicted molar refractivity (Wildman–Crippen MR) is 265 cm³/mol. The number of amides is 1. The molecule has 3 heteroatoms. The van der Waals surface area contributed by atoms with Gasteiger partial charge in [-0.25, -0.2) is 0 Å². The van der Waals surface area contributed by atoms with Crippen LogP contribution in [0.15, 0.2) is 206 Å². The van der Waals surface area contributed by atoms with E-state index >= 15 is 0 Å². The summed E-state index contributed by atoms with van der Waals surface area (Å²) in [5, 5.41) is 10.3. The Bertz CT molecular complexity index is 3630. The van der Waals surface area contributed by atoms with Crippen molar-refractivity contribution in [1.82, 2.24) is 4.57 Å². The fourth-order valence-electron chi connectivity index (χ4n) is 10.6. The number of benzene rings is 10. The Morgan fingerprint density at radius 3 is 1.78 bits per heavy atom. The number of carbonyl (C=O) groups excluding carboxylic acids is 1. The van der Waals surface area contributed by atoms with Gasteiger partial charge in [0.1, 0.15) is 0 Å². The van der Waals surface area contributed by atoms with Crippen molar-refractivity contribution < 1.29 is 4.79 Å². The van der Waals surface area contributed by atoms with Crippen LogP contribution >= 0.6 is 0 Å². The minimum Gasteiger partial charge on any atom is -0.328 e. The molecule has 3 nitrogen and oxygen atoms in total. The third kappa shape index (κ3) is 5.63. The van der Waals surface area contributed by atoms with Crippen LogP contribution in [-0.4, -0.2) is 11.0 Å². The van der Waals surface area contributed by atoms with E-state index in [0.29, 0.717) is 0 Å². The number of aromatic nitrogens is 1. The van der Waals surface area contributed by atoms with Gasteiger partial charge in [-0.05, 0) is 108 Å². The van der Waals surface area contributed by atoms with Crippen LogP contribution in [0.25, 0.3) is 105 Å². The van der Waals surface area contributed by atoms with E-state index in [0.717, 1.165) is 45.5 Å². The van der Waals surface area contributed by atoms with E-state index in [1.807, 2.05) is 12.1 Å². The van der Waals surface area contributed by atoms with Gasteiger partial charge in [-0.2, -0.15) is 0 Å². The fourth-order valence-corrected chi connectivity index (χ4v) is 10.6. The normalized spacial score (nSPS) is 12.8. The third-order valence-electron chi connectivity index (χ3n) is 13.5. The number of hydrogen-bond donors (Lipinski definition) is 1. The standard InChI is InChI=1S/C60H42N2O/c1-60(2)53-27-15-13-23-44(53)49-35-51-45-24-14-16-28-56(45)62(57(51)36-54(49)60)59-47-26-12-11-25-46(47)58(39-19-7-4-8-20-39)52-34-40(29-31-48(52)59)41-30-32-55(61-37-63)50(33-41)43-22-10-9-21-42(43)38-17-5-3-6-18-38/h3-37H,1-2H3,(H,61,63). The molecule has 1 aliphatic rings. The summed E-state index contributed by atoms with van der Waals surface area (Å²) in [6.07, 6.45) is 0.765. The summed E-state index contributed by atoms with van der Waals surface area (Å²) in [4.78, 5) is 12.0. The summed E-state index contributed by atoms with van der Waals surface area (Å²) in [5.74, 6) is 0. The van der Waals surface area contributed by atoms with Gasteiger partial charge >= 0.3 is 0 Å². The Balaban J connectivity index is 1.15. The highest BCUT2D eigenvalue weighted by Gasteiger charge is 2.36. The fraction of sp³-hybridized carbons (Fsp3) is 0.0500. The van der Waals surface area contributed by atoms with E-state index in [2.05, 4.69) is 218 Å². The number of anilines is 1. The molecule has 1 aliphatic carbocycles. The molecule has 12 rings (SSSR count). The van der Waals surface area contributed by atoms with Crippen LogP contribution < -0.4 is 5.32 Å². The highest BCUT2D eigenvalue weighted by atomic mass is 16.1. The van der Waals surface area contributed by atoms with Crippen LogP contribution in [0.4, 0.5) is 5.69 Å². The Kier molecular flexibility index (Phi) is 8.35. The van der Waals surface area contributed by atoms with Crippen LogP contribution in [0.5, 0.6) is 0 Å². The predicted octanol–water partition coefficient (Wildman–Crippen LogP) is 15.6. The van der Waals surface area contributed by atoms with Crippen molar-refractivity contribution in [3.8, 4) is 61.3 Å². The molecule has 0 saturated carbocycles. The second-order valence-corrected chi connectivity index (χ2v) is 17.3. The minimum absolute atomic E-state index is 0.144. The number of carbonyl (C=O) groups is 1. The lowest BCUT2D eigenvalue weighted by molar-refractivity contribution is -0.105. The molecular weight excluding hydrogens is 765 g/mol. The van der Waals surface area contributed by atoms with Crippen LogP contribution in [0.3, 0.4) is 0 Å². The van der Waals surface area contributed by atoms with Crippen molar-refractivity contribution in [3.63, 3.8) is 0 Å². The Labute approximate surface area is 366 Å². The van der Waals surface area contributed by atoms with E-state index in [-0.39, 0.29) is 5.41 Å². The van der Waals surface area contributed by atoms with Gasteiger partial charge in [0.15, 0.2) is 0 Å². The molecule has 0 radical (unpaired) electrons. The van der Waals surface area contributed by atoms with Gasteiger partial charge in [0, 0.05) is 38.2 Å². The SMILES string of the molecule is CC1(C)c2ccccc2-c2cc3c4ccccc4n(-c4c5ccccc5c(-c5ccccc5)c5cc(-c6ccc(NC=O)c(-c7ccccc7-c7ccccc7)c6)ccc45)c3cc21. The monoisotopic (exact) mass is 806 g/mol. The van der Waals surface area contributed by atoms with E-state index in [9.17, 15) is 4.79 Å². The second kappa shape index (κ2) is 14.3. The summed E-state index contributed by atoms with van der Waals surface area (Å²) < 4.78 is 2.54. The van der Waals surface area contributed by atoms with Crippen LogP contribution in [0.1, 0.15) is 25.0 Å². The zero-order valence-corrected chi connectivity index (χ0v) is 35.1. The Hall–Kier alpha value is -8.01. The van der Waals surface area contributed by atoms with E-state index in [4.69, 9.17) is 0 Å². The van der Waals surface area contributed by atoms with Gasteiger partial charge in [0.2, 0.25) is 6.41 Å². The van der Waals surface area contributed by atoms with E-state index in [1.165, 1.54) is 82.4 Å². The zero-order chi connectivity index (χ0) is 42.2. The number of fused-ring (bicyclic) bond motifs is 8. The van der Waals surface area contributed by atoms with E-state index < -0.39 is 0 Å². The van der Waals surface area contributed by atoms with Gasteiger partial charge in [-0.1, -0.05) is 184 Å². The highest BCUT2D eigenvalue weighted by Crippen LogP contribution is 2.52. The molecule has 0 spiro atoms. The second-order valence-electron chi connectivity index (χ2n) is 17.3. The maximum absolute atomic E-state index is 12.0. The summed E-state index contributed by atoms with van der Waals surface area (Å²) in [6.45, 7) is 4.73. The first-order valence-electron chi connectivity index (χ1n) is 21.7. The molecule has 0 saturated heterocycles. The maximum Gasteiger partial charge on any atom is 0.211 e. The summed E-state index contributed by atoms with van der Waals surface area (Å²) >= 11 is 0. The maximum atomic E-state index is 12.0. The molecule has 0 aliphatic heterocycles. The third-order valence-corrected chi connectivity index (χ3v) is 13.5. The van der Waals surface area contributed by atoms with Crippen molar-refractivity contribution in [2.24, 2.45) is 0 Å². The first kappa shape index (κ1) is 36.8. The lowest BCUT2D eigenvalue weighted by atomic mass is 9.82. The Morgan fingerprint density at radius 2 is 1.00 bits per heavy atom.